The van der Waals surface area contributed by atoms with Crippen LogP contribution in [0.25, 0.3) is 0 Å². The van der Waals surface area contributed by atoms with Gasteiger partial charge in [-0.05, 0) is 18.8 Å². The van der Waals surface area contributed by atoms with Crippen molar-refractivity contribution in [2.75, 3.05) is 27.9 Å². The van der Waals surface area contributed by atoms with Gasteiger partial charge in [-0.25, -0.2) is 0 Å². The van der Waals surface area contributed by atoms with Gasteiger partial charge in [-0.2, -0.15) is 0 Å². The van der Waals surface area contributed by atoms with Crippen LogP contribution in [0.1, 0.15) is 42.5 Å². The number of rotatable bonds is 6. The summed E-state index contributed by atoms with van der Waals surface area (Å²) in [7, 11) is 4.65. The Kier molecular flexibility index (Phi) is 5.92. The Morgan fingerprint density at radius 2 is 1.59 bits per heavy atom. The number of ether oxygens (including phenoxy) is 3. The molecule has 1 aromatic rings. The van der Waals surface area contributed by atoms with Crippen LogP contribution in [0.5, 0.6) is 17.2 Å². The van der Waals surface area contributed by atoms with Gasteiger partial charge in [-0.1, -0.05) is 19.3 Å². The maximum atomic E-state index is 12.4. The lowest BCUT2D eigenvalue weighted by atomic mass is 9.89. The Morgan fingerprint density at radius 1 is 1.00 bits per heavy atom. The van der Waals surface area contributed by atoms with Crippen LogP contribution in [0.15, 0.2) is 12.1 Å². The van der Waals surface area contributed by atoms with Crippen molar-refractivity contribution in [3.8, 4) is 17.2 Å². The zero-order chi connectivity index (χ0) is 15.9. The van der Waals surface area contributed by atoms with E-state index in [0.29, 0.717) is 28.7 Å². The predicted molar refractivity (Wildman–Crippen MR) is 85.0 cm³/mol. The lowest BCUT2D eigenvalue weighted by Crippen LogP contribution is -2.30. The van der Waals surface area contributed by atoms with E-state index in [0.717, 1.165) is 6.54 Å². The summed E-state index contributed by atoms with van der Waals surface area (Å²) < 4.78 is 15.8. The zero-order valence-electron chi connectivity index (χ0n) is 13.6. The van der Waals surface area contributed by atoms with Crippen LogP contribution >= 0.6 is 0 Å². The molecule has 0 spiro atoms. The Morgan fingerprint density at radius 3 is 2.18 bits per heavy atom. The molecule has 122 valence electrons. The molecule has 5 nitrogen and oxygen atoms in total. The molecule has 1 saturated carbocycles. The summed E-state index contributed by atoms with van der Waals surface area (Å²) in [6.45, 7) is 0.719. The third-order valence-corrected chi connectivity index (χ3v) is 4.23. The standard InChI is InChI=1S/C17H25NO4/c1-20-14-10-16(22-3)15(21-2)9-13(14)17(19)18-11-12-7-5-4-6-8-12/h9-10,12H,4-8,11H2,1-3H3,(H,18,19). The monoisotopic (exact) mass is 307 g/mol. The van der Waals surface area contributed by atoms with E-state index in [4.69, 9.17) is 14.2 Å². The van der Waals surface area contributed by atoms with Gasteiger partial charge >= 0.3 is 0 Å². The summed E-state index contributed by atoms with van der Waals surface area (Å²) in [5.74, 6) is 2.00. The van der Waals surface area contributed by atoms with Crippen molar-refractivity contribution in [3.05, 3.63) is 17.7 Å². The van der Waals surface area contributed by atoms with Crippen molar-refractivity contribution in [1.29, 1.82) is 0 Å². The van der Waals surface area contributed by atoms with E-state index in [1.807, 2.05) is 0 Å². The first-order valence-electron chi connectivity index (χ1n) is 7.77. The van der Waals surface area contributed by atoms with E-state index in [2.05, 4.69) is 5.32 Å². The molecule has 1 aliphatic carbocycles. The molecular weight excluding hydrogens is 282 g/mol. The molecule has 0 aliphatic heterocycles. The van der Waals surface area contributed by atoms with Crippen LogP contribution in [0.2, 0.25) is 0 Å². The molecule has 2 rings (SSSR count). The van der Waals surface area contributed by atoms with Gasteiger partial charge in [0.1, 0.15) is 5.75 Å². The summed E-state index contributed by atoms with van der Waals surface area (Å²) in [5.41, 5.74) is 0.468. The zero-order valence-corrected chi connectivity index (χ0v) is 13.6. The van der Waals surface area contributed by atoms with Crippen LogP contribution in [-0.2, 0) is 0 Å². The number of benzene rings is 1. The van der Waals surface area contributed by atoms with Crippen molar-refractivity contribution in [1.82, 2.24) is 5.32 Å². The molecule has 1 N–H and O–H groups in total. The van der Waals surface area contributed by atoms with Crippen molar-refractivity contribution in [2.24, 2.45) is 5.92 Å². The van der Waals surface area contributed by atoms with E-state index in [-0.39, 0.29) is 5.91 Å². The number of carbonyl (C=O) groups excluding carboxylic acids is 1. The quantitative estimate of drug-likeness (QED) is 0.877. The Bertz CT molecular complexity index is 510. The normalized spacial score (nSPS) is 15.2. The van der Waals surface area contributed by atoms with Gasteiger partial charge in [0.15, 0.2) is 11.5 Å². The van der Waals surface area contributed by atoms with Crippen LogP contribution in [0.4, 0.5) is 0 Å². The number of methoxy groups -OCH3 is 3. The summed E-state index contributed by atoms with van der Waals surface area (Å²) in [6, 6.07) is 3.34. The lowest BCUT2D eigenvalue weighted by molar-refractivity contribution is 0.0940. The fraction of sp³-hybridized carbons (Fsp3) is 0.588. The van der Waals surface area contributed by atoms with Gasteiger partial charge in [-0.3, -0.25) is 4.79 Å². The maximum Gasteiger partial charge on any atom is 0.255 e. The molecule has 0 saturated heterocycles. The molecular formula is C17H25NO4. The molecule has 0 aromatic heterocycles. The summed E-state index contributed by atoms with van der Waals surface area (Å²) >= 11 is 0. The lowest BCUT2D eigenvalue weighted by Gasteiger charge is -2.22. The fourth-order valence-corrected chi connectivity index (χ4v) is 2.93. The second-order valence-corrected chi connectivity index (χ2v) is 5.62. The predicted octanol–water partition coefficient (Wildman–Crippen LogP) is 3.02. The minimum Gasteiger partial charge on any atom is -0.496 e. The second kappa shape index (κ2) is 7.92. The summed E-state index contributed by atoms with van der Waals surface area (Å²) in [4.78, 5) is 12.4. The van der Waals surface area contributed by atoms with Crippen LogP contribution in [-0.4, -0.2) is 33.8 Å². The van der Waals surface area contributed by atoms with E-state index >= 15 is 0 Å². The maximum absolute atomic E-state index is 12.4. The Hall–Kier alpha value is -1.91. The number of amides is 1. The molecule has 0 atom stereocenters. The molecule has 1 fully saturated rings. The van der Waals surface area contributed by atoms with Crippen molar-refractivity contribution in [2.45, 2.75) is 32.1 Å². The highest BCUT2D eigenvalue weighted by molar-refractivity contribution is 5.97. The van der Waals surface area contributed by atoms with E-state index in [1.54, 1.807) is 33.5 Å². The molecule has 5 heteroatoms. The number of hydrogen-bond donors (Lipinski definition) is 1. The third-order valence-electron chi connectivity index (χ3n) is 4.23. The first-order valence-corrected chi connectivity index (χ1v) is 7.77. The average Bonchev–Trinajstić information content (AvgIpc) is 2.59. The van der Waals surface area contributed by atoms with Crippen LogP contribution in [0.3, 0.4) is 0 Å². The van der Waals surface area contributed by atoms with Crippen LogP contribution in [0, 0.1) is 5.92 Å². The molecule has 0 unspecified atom stereocenters. The molecule has 0 radical (unpaired) electrons. The highest BCUT2D eigenvalue weighted by Crippen LogP contribution is 2.34. The molecule has 1 amide bonds. The SMILES string of the molecule is COc1cc(OC)c(C(=O)NCC2CCCCC2)cc1OC. The van der Waals surface area contributed by atoms with Crippen molar-refractivity contribution < 1.29 is 19.0 Å². The second-order valence-electron chi connectivity index (χ2n) is 5.62. The van der Waals surface area contributed by atoms with E-state index < -0.39 is 0 Å². The van der Waals surface area contributed by atoms with Gasteiger partial charge in [-0.15, -0.1) is 0 Å². The highest BCUT2D eigenvalue weighted by atomic mass is 16.5. The largest absolute Gasteiger partial charge is 0.496 e. The summed E-state index contributed by atoms with van der Waals surface area (Å²) in [6.07, 6.45) is 6.24. The van der Waals surface area contributed by atoms with Crippen molar-refractivity contribution in [3.63, 3.8) is 0 Å². The molecule has 0 heterocycles. The fourth-order valence-electron chi connectivity index (χ4n) is 2.93. The minimum atomic E-state index is -0.136. The average molecular weight is 307 g/mol. The van der Waals surface area contributed by atoms with Gasteiger partial charge in [0.2, 0.25) is 0 Å². The third kappa shape index (κ3) is 3.84. The topological polar surface area (TPSA) is 56.8 Å². The molecule has 1 aromatic carbocycles. The first-order chi connectivity index (χ1) is 10.7. The Labute approximate surface area is 131 Å². The molecule has 0 bridgehead atoms. The first kappa shape index (κ1) is 16.5. The molecule has 22 heavy (non-hydrogen) atoms. The number of hydrogen-bond acceptors (Lipinski definition) is 4. The van der Waals surface area contributed by atoms with Gasteiger partial charge in [0.05, 0.1) is 26.9 Å². The van der Waals surface area contributed by atoms with Crippen LogP contribution < -0.4 is 19.5 Å². The van der Waals surface area contributed by atoms with E-state index in [1.165, 1.54) is 32.1 Å². The van der Waals surface area contributed by atoms with Crippen molar-refractivity contribution >= 4 is 5.91 Å². The highest BCUT2D eigenvalue weighted by Gasteiger charge is 2.19. The Balaban J connectivity index is 2.10. The van der Waals surface area contributed by atoms with Gasteiger partial charge in [0.25, 0.3) is 5.91 Å². The van der Waals surface area contributed by atoms with Gasteiger partial charge < -0.3 is 19.5 Å². The molecule has 1 aliphatic rings. The number of carbonyl (C=O) groups is 1. The van der Waals surface area contributed by atoms with Gasteiger partial charge in [0, 0.05) is 18.7 Å². The number of nitrogens with one attached hydrogen (secondary N) is 1. The van der Waals surface area contributed by atoms with E-state index in [9.17, 15) is 4.79 Å². The smallest absolute Gasteiger partial charge is 0.255 e. The summed E-state index contributed by atoms with van der Waals surface area (Å²) in [5, 5.41) is 3.02. The minimum absolute atomic E-state index is 0.136.